The SMILES string of the molecule is COC(=O)/C(=C/c1ccc(OC)c(OC)c1)c1ccc(C)cc1. The highest BCUT2D eigenvalue weighted by Gasteiger charge is 2.13. The normalized spacial score (nSPS) is 11.0. The number of aryl methyl sites for hydroxylation is 1. The molecule has 0 atom stereocenters. The largest absolute Gasteiger partial charge is 0.493 e. The Morgan fingerprint density at radius 2 is 1.57 bits per heavy atom. The molecule has 0 unspecified atom stereocenters. The van der Waals surface area contributed by atoms with Gasteiger partial charge in [-0.1, -0.05) is 35.9 Å². The maximum absolute atomic E-state index is 12.1. The van der Waals surface area contributed by atoms with Crippen LogP contribution in [0.25, 0.3) is 11.6 Å². The third kappa shape index (κ3) is 3.92. The van der Waals surface area contributed by atoms with Crippen LogP contribution in [0.5, 0.6) is 11.5 Å². The van der Waals surface area contributed by atoms with Crippen molar-refractivity contribution in [2.24, 2.45) is 0 Å². The number of hydrogen-bond donors (Lipinski definition) is 0. The standard InChI is InChI=1S/C19H20O4/c1-13-5-8-15(9-6-13)16(19(20)23-4)11-14-7-10-17(21-2)18(12-14)22-3/h5-12H,1-4H3/b16-11+. The molecule has 0 spiro atoms. The zero-order chi connectivity index (χ0) is 16.8. The van der Waals surface area contributed by atoms with Gasteiger partial charge in [0.15, 0.2) is 11.5 Å². The quantitative estimate of drug-likeness (QED) is 0.479. The van der Waals surface area contributed by atoms with Crippen molar-refractivity contribution in [1.29, 1.82) is 0 Å². The van der Waals surface area contributed by atoms with Crippen molar-refractivity contribution in [3.8, 4) is 11.5 Å². The molecule has 4 nitrogen and oxygen atoms in total. The predicted octanol–water partition coefficient (Wildman–Crippen LogP) is 3.73. The van der Waals surface area contributed by atoms with Crippen LogP contribution in [-0.4, -0.2) is 27.3 Å². The van der Waals surface area contributed by atoms with Crippen molar-refractivity contribution in [3.63, 3.8) is 0 Å². The molecule has 2 rings (SSSR count). The Hall–Kier alpha value is -2.75. The molecule has 0 radical (unpaired) electrons. The number of hydrogen-bond acceptors (Lipinski definition) is 4. The highest BCUT2D eigenvalue weighted by atomic mass is 16.5. The Morgan fingerprint density at radius 3 is 2.13 bits per heavy atom. The molecule has 2 aromatic carbocycles. The van der Waals surface area contributed by atoms with E-state index in [1.165, 1.54) is 7.11 Å². The van der Waals surface area contributed by atoms with Crippen LogP contribution in [0.1, 0.15) is 16.7 Å². The van der Waals surface area contributed by atoms with Crippen LogP contribution in [0.4, 0.5) is 0 Å². The first-order valence-corrected chi connectivity index (χ1v) is 7.18. The van der Waals surface area contributed by atoms with E-state index in [1.807, 2.05) is 43.3 Å². The van der Waals surface area contributed by atoms with Crippen molar-refractivity contribution < 1.29 is 19.0 Å². The Labute approximate surface area is 136 Å². The van der Waals surface area contributed by atoms with E-state index in [1.54, 1.807) is 26.4 Å². The van der Waals surface area contributed by atoms with E-state index >= 15 is 0 Å². The summed E-state index contributed by atoms with van der Waals surface area (Å²) in [4.78, 5) is 12.1. The third-order valence-electron chi connectivity index (χ3n) is 3.49. The van der Waals surface area contributed by atoms with Crippen molar-refractivity contribution in [2.75, 3.05) is 21.3 Å². The van der Waals surface area contributed by atoms with Gasteiger partial charge in [-0.15, -0.1) is 0 Å². The van der Waals surface area contributed by atoms with Gasteiger partial charge in [0.25, 0.3) is 0 Å². The van der Waals surface area contributed by atoms with Crippen molar-refractivity contribution in [3.05, 3.63) is 59.2 Å². The van der Waals surface area contributed by atoms with Gasteiger partial charge in [0, 0.05) is 0 Å². The summed E-state index contributed by atoms with van der Waals surface area (Å²) in [5, 5.41) is 0. The molecule has 0 amide bonds. The maximum atomic E-state index is 12.1. The van der Waals surface area contributed by atoms with Crippen LogP contribution < -0.4 is 9.47 Å². The fourth-order valence-electron chi connectivity index (χ4n) is 2.21. The van der Waals surface area contributed by atoms with Gasteiger partial charge >= 0.3 is 5.97 Å². The number of esters is 1. The second-order valence-electron chi connectivity index (χ2n) is 5.03. The van der Waals surface area contributed by atoms with Crippen LogP contribution in [0.3, 0.4) is 0 Å². The van der Waals surface area contributed by atoms with Crippen molar-refractivity contribution in [2.45, 2.75) is 6.92 Å². The van der Waals surface area contributed by atoms with Crippen LogP contribution in [0.15, 0.2) is 42.5 Å². The minimum Gasteiger partial charge on any atom is -0.493 e. The maximum Gasteiger partial charge on any atom is 0.338 e. The fraction of sp³-hybridized carbons (Fsp3) is 0.211. The smallest absolute Gasteiger partial charge is 0.338 e. The highest BCUT2D eigenvalue weighted by Crippen LogP contribution is 2.29. The summed E-state index contributed by atoms with van der Waals surface area (Å²) in [5.74, 6) is 0.859. The number of methoxy groups -OCH3 is 3. The molecule has 0 bridgehead atoms. The lowest BCUT2D eigenvalue weighted by molar-refractivity contribution is -0.133. The zero-order valence-corrected chi connectivity index (χ0v) is 13.8. The van der Waals surface area contributed by atoms with E-state index in [2.05, 4.69) is 0 Å². The molecule has 0 aliphatic carbocycles. The highest BCUT2D eigenvalue weighted by molar-refractivity contribution is 6.21. The second kappa shape index (κ2) is 7.49. The van der Waals surface area contributed by atoms with Gasteiger partial charge in [-0.3, -0.25) is 0 Å². The number of rotatable bonds is 5. The van der Waals surface area contributed by atoms with Gasteiger partial charge in [-0.2, -0.15) is 0 Å². The lowest BCUT2D eigenvalue weighted by Crippen LogP contribution is -2.04. The van der Waals surface area contributed by atoms with Gasteiger partial charge in [-0.05, 0) is 36.3 Å². The van der Waals surface area contributed by atoms with E-state index in [9.17, 15) is 4.79 Å². The summed E-state index contributed by atoms with van der Waals surface area (Å²) in [6.45, 7) is 2.00. The van der Waals surface area contributed by atoms with Gasteiger partial charge < -0.3 is 14.2 Å². The first-order chi connectivity index (χ1) is 11.1. The average Bonchev–Trinajstić information content (AvgIpc) is 2.59. The van der Waals surface area contributed by atoms with Crippen LogP contribution in [0.2, 0.25) is 0 Å². The molecule has 0 aliphatic heterocycles. The Kier molecular flexibility index (Phi) is 5.41. The van der Waals surface area contributed by atoms with E-state index in [-0.39, 0.29) is 5.97 Å². The molecule has 4 heteroatoms. The minimum absolute atomic E-state index is 0.386. The summed E-state index contributed by atoms with van der Waals surface area (Å²) in [6, 6.07) is 13.2. The second-order valence-corrected chi connectivity index (χ2v) is 5.03. The minimum atomic E-state index is -0.386. The molecular formula is C19H20O4. The van der Waals surface area contributed by atoms with E-state index < -0.39 is 0 Å². The summed E-state index contributed by atoms with van der Waals surface area (Å²) < 4.78 is 15.4. The Morgan fingerprint density at radius 1 is 0.913 bits per heavy atom. The van der Waals surface area contributed by atoms with E-state index in [0.717, 1.165) is 16.7 Å². The summed E-state index contributed by atoms with van der Waals surface area (Å²) in [7, 11) is 4.53. The van der Waals surface area contributed by atoms with Crippen molar-refractivity contribution >= 4 is 17.6 Å². The molecule has 2 aromatic rings. The van der Waals surface area contributed by atoms with E-state index in [4.69, 9.17) is 14.2 Å². The average molecular weight is 312 g/mol. The molecule has 0 aromatic heterocycles. The lowest BCUT2D eigenvalue weighted by atomic mass is 10.0. The third-order valence-corrected chi connectivity index (χ3v) is 3.49. The lowest BCUT2D eigenvalue weighted by Gasteiger charge is -2.10. The van der Waals surface area contributed by atoms with Gasteiger partial charge in [0.1, 0.15) is 0 Å². The Balaban J connectivity index is 2.49. The van der Waals surface area contributed by atoms with E-state index in [0.29, 0.717) is 17.1 Å². The van der Waals surface area contributed by atoms with Gasteiger partial charge in [0.05, 0.1) is 26.9 Å². The molecule has 120 valence electrons. The molecule has 0 N–H and O–H groups in total. The zero-order valence-electron chi connectivity index (χ0n) is 13.8. The fourth-order valence-corrected chi connectivity index (χ4v) is 2.21. The first kappa shape index (κ1) is 16.6. The van der Waals surface area contributed by atoms with Gasteiger partial charge in [-0.25, -0.2) is 4.79 Å². The van der Waals surface area contributed by atoms with Crippen LogP contribution in [-0.2, 0) is 9.53 Å². The van der Waals surface area contributed by atoms with Crippen molar-refractivity contribution in [1.82, 2.24) is 0 Å². The summed E-state index contributed by atoms with van der Waals surface area (Å²) in [6.07, 6.45) is 1.78. The topological polar surface area (TPSA) is 44.8 Å². The molecule has 23 heavy (non-hydrogen) atoms. The van der Waals surface area contributed by atoms with Crippen LogP contribution >= 0.6 is 0 Å². The van der Waals surface area contributed by atoms with Gasteiger partial charge in [0.2, 0.25) is 0 Å². The molecule has 0 saturated carbocycles. The monoisotopic (exact) mass is 312 g/mol. The molecule has 0 saturated heterocycles. The molecule has 0 aliphatic rings. The number of carbonyl (C=O) groups excluding carboxylic acids is 1. The number of ether oxygens (including phenoxy) is 3. The predicted molar refractivity (Wildman–Crippen MR) is 90.6 cm³/mol. The number of carbonyl (C=O) groups is 1. The molecule has 0 fully saturated rings. The number of benzene rings is 2. The van der Waals surface area contributed by atoms with Crippen LogP contribution in [0, 0.1) is 6.92 Å². The molecule has 0 heterocycles. The summed E-state index contributed by atoms with van der Waals surface area (Å²) >= 11 is 0. The molecular weight excluding hydrogens is 292 g/mol. The summed E-state index contributed by atoms with van der Waals surface area (Å²) in [5.41, 5.74) is 3.24. The first-order valence-electron chi connectivity index (χ1n) is 7.18. The Bertz CT molecular complexity index is 715.